The van der Waals surface area contributed by atoms with Crippen LogP contribution in [0.1, 0.15) is 37.7 Å². The van der Waals surface area contributed by atoms with Gasteiger partial charge in [-0.05, 0) is 44.2 Å². The predicted molar refractivity (Wildman–Crippen MR) is 110 cm³/mol. The average Bonchev–Trinajstić information content (AvgIpc) is 3.34. The van der Waals surface area contributed by atoms with E-state index in [2.05, 4.69) is 21.0 Å². The van der Waals surface area contributed by atoms with Gasteiger partial charge in [0.15, 0.2) is 0 Å². The van der Waals surface area contributed by atoms with Gasteiger partial charge in [0.05, 0.1) is 16.8 Å². The van der Waals surface area contributed by atoms with E-state index >= 15 is 0 Å². The van der Waals surface area contributed by atoms with E-state index < -0.39 is 11.8 Å². The number of benzene rings is 2. The van der Waals surface area contributed by atoms with Crippen LogP contribution in [0.3, 0.4) is 0 Å². The third-order valence-corrected chi connectivity index (χ3v) is 4.80. The van der Waals surface area contributed by atoms with E-state index in [0.717, 1.165) is 27.9 Å². The van der Waals surface area contributed by atoms with Gasteiger partial charge in [-0.15, -0.1) is 0 Å². The average molecular weight is 404 g/mol. The summed E-state index contributed by atoms with van der Waals surface area (Å²) in [6.45, 7) is 4.01. The van der Waals surface area contributed by atoms with E-state index in [4.69, 9.17) is 9.26 Å². The summed E-state index contributed by atoms with van der Waals surface area (Å²) < 4.78 is 10.8. The number of carbonyl (C=O) groups is 2. The first kappa shape index (κ1) is 19.3. The molecule has 30 heavy (non-hydrogen) atoms. The maximum atomic E-state index is 12.4. The Labute approximate surface area is 172 Å². The molecule has 8 heteroatoms. The topological polar surface area (TPSA) is 109 Å². The Morgan fingerprint density at radius 3 is 2.50 bits per heavy atom. The number of para-hydroxylation sites is 1. The van der Waals surface area contributed by atoms with Crippen LogP contribution in [0.4, 0.5) is 0 Å². The minimum Gasteiger partial charge on any atom is -0.489 e. The van der Waals surface area contributed by atoms with Gasteiger partial charge in [0, 0.05) is 22.7 Å². The minimum atomic E-state index is -0.430. The molecule has 0 aliphatic rings. The number of hydrogen-bond acceptors (Lipinski definition) is 5. The molecule has 0 atom stereocenters. The van der Waals surface area contributed by atoms with E-state index in [0.29, 0.717) is 23.5 Å². The maximum Gasteiger partial charge on any atom is 0.271 e. The fraction of sp³-hybridized carbons (Fsp3) is 0.136. The molecule has 2 aromatic carbocycles. The fourth-order valence-electron chi connectivity index (χ4n) is 3.08. The Kier molecular flexibility index (Phi) is 5.21. The van der Waals surface area contributed by atoms with Crippen molar-refractivity contribution in [3.63, 3.8) is 0 Å². The van der Waals surface area contributed by atoms with Crippen molar-refractivity contribution in [2.45, 2.75) is 20.5 Å². The third kappa shape index (κ3) is 3.88. The van der Waals surface area contributed by atoms with Crippen molar-refractivity contribution in [1.82, 2.24) is 21.0 Å². The quantitative estimate of drug-likeness (QED) is 0.442. The van der Waals surface area contributed by atoms with Crippen LogP contribution in [-0.2, 0) is 6.61 Å². The zero-order chi connectivity index (χ0) is 21.1. The van der Waals surface area contributed by atoms with Crippen molar-refractivity contribution in [3.8, 4) is 5.75 Å². The normalized spacial score (nSPS) is 10.7. The van der Waals surface area contributed by atoms with Crippen molar-refractivity contribution < 1.29 is 18.8 Å². The summed E-state index contributed by atoms with van der Waals surface area (Å²) in [5.74, 6) is 0.490. The number of nitrogens with zero attached hydrogens (tertiary/aromatic N) is 1. The third-order valence-electron chi connectivity index (χ3n) is 4.80. The number of rotatable bonds is 5. The molecule has 0 aliphatic carbocycles. The van der Waals surface area contributed by atoms with Gasteiger partial charge in [-0.2, -0.15) is 0 Å². The minimum absolute atomic E-state index is 0.327. The van der Waals surface area contributed by atoms with Crippen LogP contribution in [0.15, 0.2) is 59.3 Å². The second-order valence-corrected chi connectivity index (χ2v) is 6.77. The van der Waals surface area contributed by atoms with Crippen LogP contribution in [-0.4, -0.2) is 22.0 Å². The molecular formula is C22H20N4O4. The molecular weight excluding hydrogens is 384 g/mol. The van der Waals surface area contributed by atoms with Gasteiger partial charge in [0.1, 0.15) is 18.1 Å². The lowest BCUT2D eigenvalue weighted by Crippen LogP contribution is -2.41. The number of aryl methyl sites for hydroxylation is 2. The summed E-state index contributed by atoms with van der Waals surface area (Å²) in [4.78, 5) is 27.7. The molecule has 0 unspecified atom stereocenters. The van der Waals surface area contributed by atoms with Gasteiger partial charge in [0.25, 0.3) is 11.8 Å². The van der Waals surface area contributed by atoms with Crippen LogP contribution >= 0.6 is 0 Å². The van der Waals surface area contributed by atoms with Gasteiger partial charge in [0.2, 0.25) is 0 Å². The van der Waals surface area contributed by atoms with E-state index in [1.54, 1.807) is 30.5 Å². The molecule has 0 fully saturated rings. The van der Waals surface area contributed by atoms with E-state index in [-0.39, 0.29) is 0 Å². The van der Waals surface area contributed by atoms with Gasteiger partial charge < -0.3 is 14.2 Å². The first-order chi connectivity index (χ1) is 14.5. The van der Waals surface area contributed by atoms with Crippen LogP contribution in [0.2, 0.25) is 0 Å². The number of hydrazine groups is 1. The molecule has 2 heterocycles. The largest absolute Gasteiger partial charge is 0.489 e. The highest BCUT2D eigenvalue weighted by Gasteiger charge is 2.14. The number of nitrogens with one attached hydrogen (secondary N) is 3. The van der Waals surface area contributed by atoms with Crippen LogP contribution in [0.5, 0.6) is 5.75 Å². The number of carbonyl (C=O) groups excluding carboxylic acids is 2. The number of aromatic amines is 1. The molecule has 0 radical (unpaired) electrons. The molecule has 2 aromatic heterocycles. The molecule has 152 valence electrons. The van der Waals surface area contributed by atoms with Gasteiger partial charge in [-0.25, -0.2) is 0 Å². The molecule has 0 bridgehead atoms. The number of aromatic nitrogens is 2. The Bertz CT molecular complexity index is 1190. The standard InChI is InChI=1S/C22H20N4O4/c1-13-19(14(2)30-26-13)12-29-16-9-7-15(8-10-16)21(27)24-25-22(28)18-11-23-20-6-4-3-5-17(18)20/h3-11,23H,12H2,1-2H3,(H,24,27)(H,25,28). The van der Waals surface area contributed by atoms with E-state index in [1.807, 2.05) is 38.1 Å². The zero-order valence-electron chi connectivity index (χ0n) is 16.5. The summed E-state index contributed by atoms with van der Waals surface area (Å²) >= 11 is 0. The fourth-order valence-corrected chi connectivity index (χ4v) is 3.08. The summed E-state index contributed by atoms with van der Waals surface area (Å²) in [6.07, 6.45) is 1.61. The summed E-state index contributed by atoms with van der Waals surface area (Å²) in [5.41, 5.74) is 8.24. The Hall–Kier alpha value is -4.07. The van der Waals surface area contributed by atoms with Crippen LogP contribution in [0.25, 0.3) is 10.9 Å². The number of fused-ring (bicyclic) bond motifs is 1. The zero-order valence-corrected chi connectivity index (χ0v) is 16.5. The Balaban J connectivity index is 1.34. The molecule has 0 saturated carbocycles. The number of hydrogen-bond donors (Lipinski definition) is 3. The SMILES string of the molecule is Cc1noc(C)c1COc1ccc(C(=O)NNC(=O)c2c[nH]c3ccccc23)cc1. The molecule has 0 spiro atoms. The Morgan fingerprint density at radius 1 is 1.03 bits per heavy atom. The van der Waals surface area contributed by atoms with Crippen molar-refractivity contribution in [2.75, 3.05) is 0 Å². The van der Waals surface area contributed by atoms with Crippen LogP contribution in [0, 0.1) is 13.8 Å². The van der Waals surface area contributed by atoms with E-state index in [9.17, 15) is 9.59 Å². The van der Waals surface area contributed by atoms with Crippen molar-refractivity contribution in [1.29, 1.82) is 0 Å². The summed E-state index contributed by atoms with van der Waals surface area (Å²) in [7, 11) is 0. The highest BCUT2D eigenvalue weighted by atomic mass is 16.5. The lowest BCUT2D eigenvalue weighted by molar-refractivity contribution is 0.0847. The maximum absolute atomic E-state index is 12.4. The summed E-state index contributed by atoms with van der Waals surface area (Å²) in [6, 6.07) is 14.1. The lowest BCUT2D eigenvalue weighted by atomic mass is 10.2. The smallest absolute Gasteiger partial charge is 0.271 e. The molecule has 3 N–H and O–H groups in total. The van der Waals surface area contributed by atoms with Gasteiger partial charge in [-0.3, -0.25) is 20.4 Å². The molecule has 4 rings (SSSR count). The monoisotopic (exact) mass is 404 g/mol. The highest BCUT2D eigenvalue weighted by Crippen LogP contribution is 2.19. The molecule has 2 amide bonds. The second-order valence-electron chi connectivity index (χ2n) is 6.77. The molecule has 0 aliphatic heterocycles. The van der Waals surface area contributed by atoms with Gasteiger partial charge >= 0.3 is 0 Å². The number of ether oxygens (including phenoxy) is 1. The number of amides is 2. The second kappa shape index (κ2) is 8.12. The first-order valence-electron chi connectivity index (χ1n) is 9.34. The molecule has 8 nitrogen and oxygen atoms in total. The van der Waals surface area contributed by atoms with Gasteiger partial charge in [-0.1, -0.05) is 23.4 Å². The van der Waals surface area contributed by atoms with Crippen molar-refractivity contribution >= 4 is 22.7 Å². The molecule has 0 saturated heterocycles. The van der Waals surface area contributed by atoms with E-state index in [1.165, 1.54) is 0 Å². The van der Waals surface area contributed by atoms with Crippen molar-refractivity contribution in [2.24, 2.45) is 0 Å². The number of H-pyrrole nitrogens is 1. The highest BCUT2D eigenvalue weighted by molar-refractivity contribution is 6.07. The van der Waals surface area contributed by atoms with Crippen LogP contribution < -0.4 is 15.6 Å². The molecule has 4 aromatic rings. The van der Waals surface area contributed by atoms with Crippen molar-refractivity contribution in [3.05, 3.63) is 82.9 Å². The Morgan fingerprint density at radius 2 is 1.77 bits per heavy atom. The summed E-state index contributed by atoms with van der Waals surface area (Å²) in [5, 5.41) is 4.67. The first-order valence-corrected chi connectivity index (χ1v) is 9.34. The lowest BCUT2D eigenvalue weighted by Gasteiger charge is -2.09. The predicted octanol–water partition coefficient (Wildman–Crippen LogP) is 3.43.